The van der Waals surface area contributed by atoms with Gasteiger partial charge in [-0.15, -0.1) is 0 Å². The number of esters is 1. The quantitative estimate of drug-likeness (QED) is 0.113. The van der Waals surface area contributed by atoms with Crippen molar-refractivity contribution in [2.75, 3.05) is 0 Å². The Morgan fingerprint density at radius 2 is 1.49 bits per heavy atom. The number of allylic oxidation sites excluding steroid dienone is 3. The van der Waals surface area contributed by atoms with Gasteiger partial charge in [0.15, 0.2) is 16.6 Å². The zero-order valence-corrected chi connectivity index (χ0v) is 33.0. The molecule has 4 aliphatic rings. The molecule has 0 aromatic rings. The number of cyclic esters (lactones) is 1. The molecule has 4 rings (SSSR count). The first-order chi connectivity index (χ1) is 20.6. The molecule has 45 heavy (non-hydrogen) atoms. The molecule has 0 amide bonds. The number of ether oxygens (including phenoxy) is 1. The molecular formula is C39H66O4Si2. The van der Waals surface area contributed by atoms with Crippen molar-refractivity contribution in [2.45, 2.75) is 168 Å². The average molecular weight is 655 g/mol. The monoisotopic (exact) mass is 654 g/mol. The van der Waals surface area contributed by atoms with Crippen molar-refractivity contribution in [3.8, 4) is 0 Å². The van der Waals surface area contributed by atoms with Gasteiger partial charge < -0.3 is 13.6 Å². The highest BCUT2D eigenvalue weighted by Crippen LogP contribution is 2.60. The molecule has 4 nitrogen and oxygen atoms in total. The number of carbonyl (C=O) groups excluding carboxylic acids is 1. The lowest BCUT2D eigenvalue weighted by atomic mass is 9.60. The van der Waals surface area contributed by atoms with Gasteiger partial charge in [-0.3, -0.25) is 0 Å². The van der Waals surface area contributed by atoms with Gasteiger partial charge in [0.2, 0.25) is 0 Å². The lowest BCUT2D eigenvalue weighted by Crippen LogP contribution is -2.49. The molecule has 6 heteroatoms. The van der Waals surface area contributed by atoms with E-state index in [2.05, 4.69) is 107 Å². The Balaban J connectivity index is 1.56. The molecular weight excluding hydrogens is 589 g/mol. The second-order valence-electron chi connectivity index (χ2n) is 18.4. The van der Waals surface area contributed by atoms with Crippen LogP contribution in [0.2, 0.25) is 36.3 Å². The molecule has 0 radical (unpaired) electrons. The Morgan fingerprint density at radius 1 is 0.933 bits per heavy atom. The van der Waals surface area contributed by atoms with Gasteiger partial charge in [0, 0.05) is 12.0 Å². The highest BCUT2D eigenvalue weighted by atomic mass is 28.4. The summed E-state index contributed by atoms with van der Waals surface area (Å²) in [7, 11) is -3.98. The molecule has 0 aromatic heterocycles. The third-order valence-corrected chi connectivity index (χ3v) is 22.1. The fraction of sp³-hybridized carbons (Fsp3) is 0.769. The van der Waals surface area contributed by atoms with E-state index in [4.69, 9.17) is 13.6 Å². The van der Waals surface area contributed by atoms with E-state index in [1.807, 2.05) is 0 Å². The predicted molar refractivity (Wildman–Crippen MR) is 194 cm³/mol. The number of hydrogen-bond donors (Lipinski definition) is 0. The minimum absolute atomic E-state index is 0.00756. The predicted octanol–water partition coefficient (Wildman–Crippen LogP) is 11.1. The van der Waals surface area contributed by atoms with Crippen LogP contribution in [0.1, 0.15) is 113 Å². The van der Waals surface area contributed by atoms with Crippen LogP contribution in [-0.2, 0) is 18.4 Å². The van der Waals surface area contributed by atoms with E-state index in [0.29, 0.717) is 35.2 Å². The Kier molecular flexibility index (Phi) is 10.6. The maximum atomic E-state index is 12.0. The Morgan fingerprint density at radius 3 is 1.98 bits per heavy atom. The van der Waals surface area contributed by atoms with Gasteiger partial charge in [0.05, 0.1) is 12.2 Å². The minimum Gasteiger partial charge on any atom is -0.459 e. The molecule has 1 aliphatic heterocycles. The van der Waals surface area contributed by atoms with E-state index >= 15 is 0 Å². The van der Waals surface area contributed by atoms with Crippen LogP contribution >= 0.6 is 0 Å². The third kappa shape index (κ3) is 7.76. The molecule has 1 saturated heterocycles. The Hall–Kier alpha value is -1.22. The molecule has 254 valence electrons. The molecule has 1 heterocycles. The van der Waals surface area contributed by atoms with Gasteiger partial charge in [-0.2, -0.15) is 0 Å². The van der Waals surface area contributed by atoms with E-state index in [-0.39, 0.29) is 34.4 Å². The number of hydrogen-bond acceptors (Lipinski definition) is 4. The van der Waals surface area contributed by atoms with E-state index < -0.39 is 16.6 Å². The first-order valence-electron chi connectivity index (χ1n) is 17.9. The van der Waals surface area contributed by atoms with E-state index in [1.165, 1.54) is 37.7 Å². The van der Waals surface area contributed by atoms with Gasteiger partial charge in [-0.05, 0) is 116 Å². The molecule has 7 atom stereocenters. The van der Waals surface area contributed by atoms with Crippen LogP contribution in [0.4, 0.5) is 0 Å². The smallest absolute Gasteiger partial charge is 0.333 e. The van der Waals surface area contributed by atoms with Crippen molar-refractivity contribution in [2.24, 2.45) is 23.2 Å². The van der Waals surface area contributed by atoms with Crippen molar-refractivity contribution < 1.29 is 18.4 Å². The largest absolute Gasteiger partial charge is 0.459 e. The van der Waals surface area contributed by atoms with E-state index in [0.717, 1.165) is 24.8 Å². The normalized spacial score (nSPS) is 33.4. The second-order valence-corrected chi connectivity index (χ2v) is 27.9. The van der Waals surface area contributed by atoms with E-state index in [1.54, 1.807) is 5.57 Å². The zero-order chi connectivity index (χ0) is 33.8. The summed E-state index contributed by atoms with van der Waals surface area (Å²) in [6.45, 7) is 36.9. The number of fused-ring (bicyclic) bond motifs is 1. The number of rotatable bonds is 8. The highest BCUT2D eigenvalue weighted by molar-refractivity contribution is 6.74. The summed E-state index contributed by atoms with van der Waals surface area (Å²) in [6, 6.07) is 0. The van der Waals surface area contributed by atoms with Gasteiger partial charge in [0.25, 0.3) is 0 Å². The summed E-state index contributed by atoms with van der Waals surface area (Å²) < 4.78 is 19.8. The SMILES string of the molecule is C=C1C[C@H](C[C@@H](C)C2CCC3/C(=C/C=C4C[C@@H](O[Si](C)(C)C(C)(C)C)C(=C)[C@H](O[Si](C)(C)C(C)(C)C)C4)CCC[C@@]32C)OC1=O. The van der Waals surface area contributed by atoms with Crippen molar-refractivity contribution >= 4 is 22.6 Å². The molecule has 3 saturated carbocycles. The molecule has 4 fully saturated rings. The van der Waals surface area contributed by atoms with Crippen LogP contribution in [0.3, 0.4) is 0 Å². The van der Waals surface area contributed by atoms with E-state index in [9.17, 15) is 4.79 Å². The molecule has 0 N–H and O–H groups in total. The zero-order valence-electron chi connectivity index (χ0n) is 31.0. The van der Waals surface area contributed by atoms with Gasteiger partial charge in [-0.1, -0.05) is 91.8 Å². The van der Waals surface area contributed by atoms with Gasteiger partial charge in [-0.25, -0.2) is 4.79 Å². The van der Waals surface area contributed by atoms with Crippen LogP contribution in [0.25, 0.3) is 0 Å². The third-order valence-electron chi connectivity index (χ3n) is 13.1. The fourth-order valence-corrected chi connectivity index (χ4v) is 10.8. The van der Waals surface area contributed by atoms with Crippen LogP contribution in [0, 0.1) is 23.2 Å². The minimum atomic E-state index is -1.99. The van der Waals surface area contributed by atoms with Crippen molar-refractivity contribution in [3.63, 3.8) is 0 Å². The Bertz CT molecular complexity index is 1150. The van der Waals surface area contributed by atoms with Crippen LogP contribution in [0.15, 0.2) is 47.6 Å². The topological polar surface area (TPSA) is 44.8 Å². The summed E-state index contributed by atoms with van der Waals surface area (Å²) in [5.74, 6) is 1.63. The summed E-state index contributed by atoms with van der Waals surface area (Å²) >= 11 is 0. The van der Waals surface area contributed by atoms with Crippen LogP contribution < -0.4 is 0 Å². The average Bonchev–Trinajstić information content (AvgIpc) is 3.41. The van der Waals surface area contributed by atoms with Gasteiger partial charge >= 0.3 is 5.97 Å². The summed E-state index contributed by atoms with van der Waals surface area (Å²) in [5.41, 5.74) is 5.17. The summed E-state index contributed by atoms with van der Waals surface area (Å²) in [4.78, 5) is 12.0. The Labute approximate surface area is 278 Å². The molecule has 2 unspecified atom stereocenters. The highest BCUT2D eigenvalue weighted by Gasteiger charge is 2.51. The second kappa shape index (κ2) is 13.0. The lowest BCUT2D eigenvalue weighted by Gasteiger charge is -2.46. The molecule has 0 aromatic carbocycles. The molecule has 0 spiro atoms. The summed E-state index contributed by atoms with van der Waals surface area (Å²) in [5, 5.41) is 0.283. The van der Waals surface area contributed by atoms with Crippen LogP contribution in [-0.4, -0.2) is 40.9 Å². The van der Waals surface area contributed by atoms with Crippen molar-refractivity contribution in [1.29, 1.82) is 0 Å². The summed E-state index contributed by atoms with van der Waals surface area (Å²) in [6.07, 6.45) is 14.8. The molecule has 3 aliphatic carbocycles. The van der Waals surface area contributed by atoms with Crippen molar-refractivity contribution in [3.05, 3.63) is 47.6 Å². The van der Waals surface area contributed by atoms with Gasteiger partial charge in [0.1, 0.15) is 6.10 Å². The first kappa shape index (κ1) is 36.6. The van der Waals surface area contributed by atoms with Crippen LogP contribution in [0.5, 0.6) is 0 Å². The number of carbonyl (C=O) groups is 1. The maximum Gasteiger partial charge on any atom is 0.333 e. The lowest BCUT2D eigenvalue weighted by molar-refractivity contribution is -0.139. The fourth-order valence-electron chi connectivity index (χ4n) is 8.25. The molecule has 0 bridgehead atoms. The van der Waals surface area contributed by atoms with Crippen molar-refractivity contribution in [1.82, 2.24) is 0 Å². The maximum absolute atomic E-state index is 12.0. The standard InChI is InChI=1S/C39H66O4Si2/c1-26(22-31-23-27(2)36(40)41-31)32-19-20-33-30(16-15-21-39(32,33)10)18-17-29-24-34(42-44(11,12)37(4,5)6)28(3)35(25-29)43-45(13,14)38(7,8)9/h17-18,26,31-35H,2-3,15-16,19-25H2,1,4-14H3/b30-18+/t26-,31+,32?,33?,34-,35-,39-/m1/s1. The first-order valence-corrected chi connectivity index (χ1v) is 23.7.